The molecule has 7 nitrogen and oxygen atoms in total. The van der Waals surface area contributed by atoms with Crippen molar-refractivity contribution in [3.63, 3.8) is 0 Å². The summed E-state index contributed by atoms with van der Waals surface area (Å²) in [5, 5.41) is 4.55. The number of aromatic nitrogens is 2. The monoisotopic (exact) mass is 420 g/mol. The predicted molar refractivity (Wildman–Crippen MR) is 111 cm³/mol. The average Bonchev–Trinajstić information content (AvgIpc) is 3.06. The van der Waals surface area contributed by atoms with Gasteiger partial charge in [-0.05, 0) is 52.3 Å². The van der Waals surface area contributed by atoms with Crippen molar-refractivity contribution in [2.75, 3.05) is 26.2 Å². The van der Waals surface area contributed by atoms with Crippen LogP contribution in [0.4, 0.5) is 4.79 Å². The molecule has 158 valence electrons. The Bertz CT molecular complexity index is 833. The summed E-state index contributed by atoms with van der Waals surface area (Å²) in [5.41, 5.74) is 0.507. The Kier molecular flexibility index (Phi) is 6.80. The molecule has 1 aliphatic rings. The largest absolute Gasteiger partial charge is 0.444 e. The fraction of sp³-hybridized carbons (Fsp3) is 0.571. The van der Waals surface area contributed by atoms with Crippen molar-refractivity contribution in [1.82, 2.24) is 19.9 Å². The Morgan fingerprint density at radius 1 is 1.31 bits per heavy atom. The molecule has 1 saturated heterocycles. The fourth-order valence-electron chi connectivity index (χ4n) is 3.50. The maximum atomic E-state index is 12.6. The van der Waals surface area contributed by atoms with Crippen LogP contribution in [0.5, 0.6) is 0 Å². The van der Waals surface area contributed by atoms with Gasteiger partial charge in [0.25, 0.3) is 0 Å². The maximum Gasteiger partial charge on any atom is 0.410 e. The molecule has 0 N–H and O–H groups in total. The van der Waals surface area contributed by atoms with Crippen LogP contribution in [0.3, 0.4) is 0 Å². The molecule has 29 heavy (non-hydrogen) atoms. The summed E-state index contributed by atoms with van der Waals surface area (Å²) in [6, 6.07) is 7.83. The second-order valence-corrected chi connectivity index (χ2v) is 8.75. The first-order valence-electron chi connectivity index (χ1n) is 9.98. The summed E-state index contributed by atoms with van der Waals surface area (Å²) in [4.78, 5) is 21.0. The highest BCUT2D eigenvalue weighted by atomic mass is 35.5. The van der Waals surface area contributed by atoms with Crippen molar-refractivity contribution in [2.45, 2.75) is 52.2 Å². The van der Waals surface area contributed by atoms with Crippen LogP contribution in [-0.4, -0.2) is 57.8 Å². The molecule has 1 atom stereocenters. The van der Waals surface area contributed by atoms with E-state index in [0.717, 1.165) is 31.5 Å². The third kappa shape index (κ3) is 5.93. The molecule has 1 aliphatic heterocycles. The number of amides is 1. The van der Waals surface area contributed by atoms with Gasteiger partial charge in [0, 0.05) is 31.1 Å². The molecule has 1 fully saturated rings. The van der Waals surface area contributed by atoms with E-state index in [2.05, 4.69) is 15.0 Å². The van der Waals surface area contributed by atoms with Gasteiger partial charge in [0.05, 0.1) is 6.04 Å². The quantitative estimate of drug-likeness (QED) is 0.719. The van der Waals surface area contributed by atoms with Crippen LogP contribution in [0.15, 0.2) is 28.8 Å². The van der Waals surface area contributed by atoms with Gasteiger partial charge in [-0.15, -0.1) is 0 Å². The highest BCUT2D eigenvalue weighted by molar-refractivity contribution is 6.31. The summed E-state index contributed by atoms with van der Waals surface area (Å²) in [5.74, 6) is 1.31. The van der Waals surface area contributed by atoms with Crippen LogP contribution in [0, 0.1) is 6.92 Å². The lowest BCUT2D eigenvalue weighted by Crippen LogP contribution is -2.51. The first-order valence-corrected chi connectivity index (χ1v) is 10.4. The second-order valence-electron chi connectivity index (χ2n) is 8.34. The molecule has 0 aliphatic carbocycles. The molecule has 1 aromatic heterocycles. The molecule has 0 bridgehead atoms. The molecule has 8 heteroatoms. The van der Waals surface area contributed by atoms with Gasteiger partial charge in [0.1, 0.15) is 5.60 Å². The highest BCUT2D eigenvalue weighted by Crippen LogP contribution is 2.31. The van der Waals surface area contributed by atoms with Crippen LogP contribution in [0.2, 0.25) is 5.02 Å². The normalized spacial score (nSPS) is 18.1. The standard InChI is InChI=1S/C21H29ClN4O3/c1-15-23-19(29-24-15)10-7-11-25-12-13-26(20(27)28-21(2,3)4)14-18(25)16-8-5-6-9-17(16)22/h5-6,8-9,18H,7,10-14H2,1-4H3. The number of aryl methyl sites for hydroxylation is 2. The van der Waals surface area contributed by atoms with Crippen LogP contribution < -0.4 is 0 Å². The summed E-state index contributed by atoms with van der Waals surface area (Å²) >= 11 is 6.49. The van der Waals surface area contributed by atoms with E-state index < -0.39 is 5.60 Å². The summed E-state index contributed by atoms with van der Waals surface area (Å²) in [6.45, 7) is 10.2. The smallest absolute Gasteiger partial charge is 0.410 e. The van der Waals surface area contributed by atoms with E-state index in [1.165, 1.54) is 0 Å². The molecule has 1 unspecified atom stereocenters. The van der Waals surface area contributed by atoms with E-state index >= 15 is 0 Å². The Balaban J connectivity index is 1.70. The van der Waals surface area contributed by atoms with Crippen molar-refractivity contribution < 1.29 is 14.1 Å². The van der Waals surface area contributed by atoms with E-state index in [1.54, 1.807) is 4.90 Å². The van der Waals surface area contributed by atoms with Gasteiger partial charge in [-0.3, -0.25) is 4.90 Å². The number of halogens is 1. The number of ether oxygens (including phenoxy) is 1. The second kappa shape index (κ2) is 9.13. The van der Waals surface area contributed by atoms with E-state index in [-0.39, 0.29) is 12.1 Å². The van der Waals surface area contributed by atoms with Gasteiger partial charge in [0.2, 0.25) is 5.89 Å². The van der Waals surface area contributed by atoms with Crippen molar-refractivity contribution in [2.24, 2.45) is 0 Å². The van der Waals surface area contributed by atoms with Crippen LogP contribution in [0.1, 0.15) is 50.5 Å². The zero-order valence-corrected chi connectivity index (χ0v) is 18.3. The average molecular weight is 421 g/mol. The summed E-state index contributed by atoms with van der Waals surface area (Å²) in [7, 11) is 0. The zero-order valence-electron chi connectivity index (χ0n) is 17.5. The summed E-state index contributed by atoms with van der Waals surface area (Å²) in [6.07, 6.45) is 1.33. The van der Waals surface area contributed by atoms with Gasteiger partial charge >= 0.3 is 6.09 Å². The van der Waals surface area contributed by atoms with Crippen molar-refractivity contribution >= 4 is 17.7 Å². The van der Waals surface area contributed by atoms with Crippen LogP contribution >= 0.6 is 11.6 Å². The lowest BCUT2D eigenvalue weighted by molar-refractivity contribution is 0.00325. The molecule has 0 radical (unpaired) electrons. The van der Waals surface area contributed by atoms with Gasteiger partial charge in [0.15, 0.2) is 5.82 Å². The number of carbonyl (C=O) groups excluding carboxylic acids is 1. The molecule has 1 aromatic carbocycles. The van der Waals surface area contributed by atoms with E-state index in [9.17, 15) is 4.79 Å². The van der Waals surface area contributed by atoms with E-state index in [1.807, 2.05) is 52.0 Å². The van der Waals surface area contributed by atoms with Crippen molar-refractivity contribution in [1.29, 1.82) is 0 Å². The number of rotatable bonds is 5. The predicted octanol–water partition coefficient (Wildman–Crippen LogP) is 4.26. The number of hydrogen-bond donors (Lipinski definition) is 0. The lowest BCUT2D eigenvalue weighted by Gasteiger charge is -2.42. The Morgan fingerprint density at radius 2 is 2.07 bits per heavy atom. The minimum Gasteiger partial charge on any atom is -0.444 e. The third-order valence-electron chi connectivity index (χ3n) is 4.81. The van der Waals surface area contributed by atoms with Crippen LogP contribution in [-0.2, 0) is 11.2 Å². The first-order chi connectivity index (χ1) is 13.7. The van der Waals surface area contributed by atoms with E-state index in [4.69, 9.17) is 20.9 Å². The Hall–Kier alpha value is -2.12. The molecule has 2 heterocycles. The third-order valence-corrected chi connectivity index (χ3v) is 5.16. The van der Waals surface area contributed by atoms with Gasteiger partial charge in [-0.25, -0.2) is 4.79 Å². The maximum absolute atomic E-state index is 12.6. The number of nitrogens with zero attached hydrogens (tertiary/aromatic N) is 4. The Morgan fingerprint density at radius 3 is 2.72 bits per heavy atom. The van der Waals surface area contributed by atoms with Crippen LogP contribution in [0.25, 0.3) is 0 Å². The van der Waals surface area contributed by atoms with Gasteiger partial charge < -0.3 is 14.2 Å². The molecule has 0 saturated carbocycles. The van der Waals surface area contributed by atoms with E-state index in [0.29, 0.717) is 29.8 Å². The van der Waals surface area contributed by atoms with Gasteiger partial charge in [-0.2, -0.15) is 4.98 Å². The number of carbonyl (C=O) groups is 1. The zero-order chi connectivity index (χ0) is 21.0. The topological polar surface area (TPSA) is 71.7 Å². The molecule has 3 rings (SSSR count). The van der Waals surface area contributed by atoms with Crippen molar-refractivity contribution in [3.05, 3.63) is 46.6 Å². The number of benzene rings is 1. The summed E-state index contributed by atoms with van der Waals surface area (Å²) < 4.78 is 10.8. The fourth-order valence-corrected chi connectivity index (χ4v) is 3.76. The van der Waals surface area contributed by atoms with Gasteiger partial charge in [-0.1, -0.05) is 35.0 Å². The first kappa shape index (κ1) is 21.6. The molecule has 0 spiro atoms. The van der Waals surface area contributed by atoms with Crippen molar-refractivity contribution in [3.8, 4) is 0 Å². The number of piperazine rings is 1. The molecule has 1 amide bonds. The Labute approximate surface area is 177 Å². The minimum atomic E-state index is -0.518. The number of hydrogen-bond acceptors (Lipinski definition) is 6. The molecular weight excluding hydrogens is 392 g/mol. The molecule has 2 aromatic rings. The molecular formula is C21H29ClN4O3. The SMILES string of the molecule is Cc1noc(CCCN2CCN(C(=O)OC(C)(C)C)CC2c2ccccc2Cl)n1. The lowest BCUT2D eigenvalue weighted by atomic mass is 10.0. The minimum absolute atomic E-state index is 0.00869. The highest BCUT2D eigenvalue weighted by Gasteiger charge is 2.33.